The van der Waals surface area contributed by atoms with Gasteiger partial charge in [-0.1, -0.05) is 13.3 Å². The van der Waals surface area contributed by atoms with Crippen molar-refractivity contribution < 1.29 is 15.0 Å². The van der Waals surface area contributed by atoms with Crippen molar-refractivity contribution >= 4 is 11.4 Å². The summed E-state index contributed by atoms with van der Waals surface area (Å²) >= 11 is 0. The van der Waals surface area contributed by atoms with Gasteiger partial charge < -0.3 is 5.11 Å². The molecule has 0 aromatic heterocycles. The van der Waals surface area contributed by atoms with Crippen LogP contribution in [0.1, 0.15) is 25.3 Å². The minimum absolute atomic E-state index is 0.127. The van der Waals surface area contributed by atoms with Gasteiger partial charge in [-0.15, -0.1) is 0 Å². The van der Waals surface area contributed by atoms with Crippen molar-refractivity contribution in [2.24, 2.45) is 0 Å². The van der Waals surface area contributed by atoms with E-state index in [2.05, 4.69) is 0 Å². The van der Waals surface area contributed by atoms with Crippen LogP contribution in [-0.4, -0.2) is 21.1 Å². The number of nitro benzene ring substituents is 2. The summed E-state index contributed by atoms with van der Waals surface area (Å²) in [6.07, 6.45) is 0.758. The Kier molecular flexibility index (Phi) is 4.73. The van der Waals surface area contributed by atoms with Crippen LogP contribution >= 0.6 is 0 Å². The molecule has 1 atom stereocenters. The van der Waals surface area contributed by atoms with Gasteiger partial charge in [-0.05, 0) is 12.5 Å². The molecular weight excluding hydrogens is 240 g/mol. The van der Waals surface area contributed by atoms with E-state index < -0.39 is 16.0 Å². The van der Waals surface area contributed by atoms with Gasteiger partial charge in [0, 0.05) is 18.1 Å². The number of hydrogen-bond donors (Lipinski definition) is 1. The van der Waals surface area contributed by atoms with Crippen molar-refractivity contribution in [1.82, 2.24) is 0 Å². The average molecular weight is 254 g/mol. The van der Waals surface area contributed by atoms with Crippen molar-refractivity contribution in [3.8, 4) is 0 Å². The molecule has 1 aromatic rings. The number of benzene rings is 1. The second kappa shape index (κ2) is 6.06. The van der Waals surface area contributed by atoms with Gasteiger partial charge in [0.15, 0.2) is 0 Å². The van der Waals surface area contributed by atoms with Crippen LogP contribution in [-0.2, 0) is 6.42 Å². The second-order valence-electron chi connectivity index (χ2n) is 3.97. The fourth-order valence-electron chi connectivity index (χ4n) is 1.70. The summed E-state index contributed by atoms with van der Waals surface area (Å²) in [6.45, 7) is 1.90. The molecule has 0 amide bonds. The highest BCUT2D eigenvalue weighted by Crippen LogP contribution is 2.26. The van der Waals surface area contributed by atoms with E-state index in [1.807, 2.05) is 6.92 Å². The van der Waals surface area contributed by atoms with E-state index in [0.29, 0.717) is 12.0 Å². The van der Waals surface area contributed by atoms with Crippen LogP contribution < -0.4 is 0 Å². The van der Waals surface area contributed by atoms with Crippen molar-refractivity contribution in [3.63, 3.8) is 0 Å². The largest absolute Gasteiger partial charge is 0.393 e. The topological polar surface area (TPSA) is 107 Å². The van der Waals surface area contributed by atoms with Gasteiger partial charge in [0.2, 0.25) is 0 Å². The minimum Gasteiger partial charge on any atom is -0.393 e. The lowest BCUT2D eigenvalue weighted by atomic mass is 10.0. The molecule has 0 aliphatic carbocycles. The molecule has 0 fully saturated rings. The van der Waals surface area contributed by atoms with E-state index in [9.17, 15) is 25.3 Å². The molecule has 7 nitrogen and oxygen atoms in total. The number of hydrogen-bond acceptors (Lipinski definition) is 5. The number of non-ortho nitro benzene ring substituents is 1. The highest BCUT2D eigenvalue weighted by molar-refractivity contribution is 5.49. The van der Waals surface area contributed by atoms with Gasteiger partial charge in [-0.3, -0.25) is 20.2 Å². The van der Waals surface area contributed by atoms with E-state index in [-0.39, 0.29) is 17.8 Å². The molecule has 0 radical (unpaired) electrons. The van der Waals surface area contributed by atoms with Gasteiger partial charge in [-0.25, -0.2) is 0 Å². The molecule has 0 saturated heterocycles. The monoisotopic (exact) mass is 254 g/mol. The first kappa shape index (κ1) is 14.0. The zero-order valence-electron chi connectivity index (χ0n) is 9.91. The summed E-state index contributed by atoms with van der Waals surface area (Å²) < 4.78 is 0. The third kappa shape index (κ3) is 3.49. The number of aliphatic hydroxyl groups is 1. The minimum atomic E-state index is -0.681. The van der Waals surface area contributed by atoms with Gasteiger partial charge in [0.25, 0.3) is 11.4 Å². The molecule has 1 rings (SSSR count). The first-order valence-electron chi connectivity index (χ1n) is 5.55. The fraction of sp³-hybridized carbons (Fsp3) is 0.455. The van der Waals surface area contributed by atoms with Crippen molar-refractivity contribution in [2.45, 2.75) is 32.3 Å². The number of rotatable bonds is 6. The Balaban J connectivity index is 3.04. The lowest BCUT2D eigenvalue weighted by Gasteiger charge is -2.09. The number of nitro groups is 2. The standard InChI is InChI=1S/C11H14N2O5/c1-2-3-10(14)6-8-4-5-9(12(15)16)7-11(8)13(17)18/h4-5,7,10,14H,2-3,6H2,1H3. The Hall–Kier alpha value is -2.02. The summed E-state index contributed by atoms with van der Waals surface area (Å²) in [7, 11) is 0. The molecule has 0 spiro atoms. The van der Waals surface area contributed by atoms with Crippen LogP contribution in [0.3, 0.4) is 0 Å². The Bertz CT molecular complexity index is 461. The van der Waals surface area contributed by atoms with Crippen LogP contribution in [0, 0.1) is 20.2 Å². The van der Waals surface area contributed by atoms with Crippen LogP contribution in [0.2, 0.25) is 0 Å². The van der Waals surface area contributed by atoms with Crippen LogP contribution in [0.4, 0.5) is 11.4 Å². The normalized spacial score (nSPS) is 12.1. The van der Waals surface area contributed by atoms with Gasteiger partial charge >= 0.3 is 0 Å². The maximum atomic E-state index is 10.8. The maximum Gasteiger partial charge on any atom is 0.279 e. The molecule has 7 heteroatoms. The Labute approximate surface area is 103 Å². The fourth-order valence-corrected chi connectivity index (χ4v) is 1.70. The summed E-state index contributed by atoms with van der Waals surface area (Å²) in [6, 6.07) is 3.46. The zero-order chi connectivity index (χ0) is 13.7. The van der Waals surface area contributed by atoms with Crippen LogP contribution in [0.25, 0.3) is 0 Å². The molecule has 1 N–H and O–H groups in total. The first-order chi connectivity index (χ1) is 8.45. The van der Waals surface area contributed by atoms with E-state index >= 15 is 0 Å². The average Bonchev–Trinajstić information content (AvgIpc) is 2.29. The molecule has 0 heterocycles. The van der Waals surface area contributed by atoms with Crippen LogP contribution in [0.5, 0.6) is 0 Å². The molecule has 1 unspecified atom stereocenters. The van der Waals surface area contributed by atoms with E-state index in [1.54, 1.807) is 0 Å². The molecule has 98 valence electrons. The highest BCUT2D eigenvalue weighted by Gasteiger charge is 2.20. The van der Waals surface area contributed by atoms with Crippen LogP contribution in [0.15, 0.2) is 18.2 Å². The van der Waals surface area contributed by atoms with Crippen molar-refractivity contribution in [3.05, 3.63) is 44.0 Å². The molecular formula is C11H14N2O5. The molecule has 0 saturated carbocycles. The smallest absolute Gasteiger partial charge is 0.279 e. The zero-order valence-corrected chi connectivity index (χ0v) is 9.91. The molecule has 0 aliphatic rings. The molecule has 1 aromatic carbocycles. The lowest BCUT2D eigenvalue weighted by molar-refractivity contribution is -0.394. The Morgan fingerprint density at radius 3 is 2.44 bits per heavy atom. The maximum absolute atomic E-state index is 10.8. The summed E-state index contributed by atoms with van der Waals surface area (Å²) in [4.78, 5) is 20.0. The Morgan fingerprint density at radius 1 is 1.28 bits per heavy atom. The summed E-state index contributed by atoms with van der Waals surface area (Å²) in [5, 5.41) is 31.0. The first-order valence-corrected chi connectivity index (χ1v) is 5.55. The number of aliphatic hydroxyl groups excluding tert-OH is 1. The third-order valence-electron chi connectivity index (χ3n) is 2.55. The molecule has 18 heavy (non-hydrogen) atoms. The van der Waals surface area contributed by atoms with E-state index in [0.717, 1.165) is 12.5 Å². The van der Waals surface area contributed by atoms with Gasteiger partial charge in [0.05, 0.1) is 22.0 Å². The predicted octanol–water partition coefficient (Wildman–Crippen LogP) is 2.21. The lowest BCUT2D eigenvalue weighted by Crippen LogP contribution is -2.11. The second-order valence-corrected chi connectivity index (χ2v) is 3.97. The Morgan fingerprint density at radius 2 is 1.94 bits per heavy atom. The summed E-state index contributed by atoms with van der Waals surface area (Å²) in [5.74, 6) is 0. The SMILES string of the molecule is CCCC(O)Cc1ccc([N+](=O)[O-])cc1[N+](=O)[O-]. The van der Waals surface area contributed by atoms with E-state index in [1.165, 1.54) is 12.1 Å². The summed E-state index contributed by atoms with van der Waals surface area (Å²) in [5.41, 5.74) is -0.332. The molecule has 0 bridgehead atoms. The third-order valence-corrected chi connectivity index (χ3v) is 2.55. The van der Waals surface area contributed by atoms with Crippen molar-refractivity contribution in [1.29, 1.82) is 0 Å². The molecule has 0 aliphatic heterocycles. The predicted molar refractivity (Wildman–Crippen MR) is 64.4 cm³/mol. The van der Waals surface area contributed by atoms with Gasteiger partial charge in [-0.2, -0.15) is 0 Å². The van der Waals surface area contributed by atoms with E-state index in [4.69, 9.17) is 0 Å². The number of nitrogens with zero attached hydrogens (tertiary/aromatic N) is 2. The highest BCUT2D eigenvalue weighted by atomic mass is 16.6. The quantitative estimate of drug-likeness (QED) is 0.618. The van der Waals surface area contributed by atoms with Gasteiger partial charge in [0.1, 0.15) is 0 Å². The van der Waals surface area contributed by atoms with Crippen molar-refractivity contribution in [2.75, 3.05) is 0 Å².